The standard InChI is InChI=1S/C12H8F3N/c13-6-10(12(14)15)9-5-8-3-1-2-4-11(8)16-7-9/h1-7,12H. The molecule has 0 aliphatic carbocycles. The lowest BCUT2D eigenvalue weighted by Gasteiger charge is -2.05. The van der Waals surface area contributed by atoms with Crippen LogP contribution in [0.25, 0.3) is 16.5 Å². The van der Waals surface area contributed by atoms with Gasteiger partial charge in [0.1, 0.15) is 0 Å². The number of aromatic nitrogens is 1. The van der Waals surface area contributed by atoms with E-state index >= 15 is 0 Å². The zero-order chi connectivity index (χ0) is 11.5. The first-order chi connectivity index (χ1) is 7.72. The molecule has 0 bridgehead atoms. The molecular formula is C12H8F3N. The van der Waals surface area contributed by atoms with Crippen molar-refractivity contribution in [3.63, 3.8) is 0 Å². The second-order valence-electron chi connectivity index (χ2n) is 3.28. The number of fused-ring (bicyclic) bond motifs is 1. The lowest BCUT2D eigenvalue weighted by atomic mass is 10.1. The zero-order valence-electron chi connectivity index (χ0n) is 8.20. The van der Waals surface area contributed by atoms with Crippen molar-refractivity contribution in [1.29, 1.82) is 0 Å². The zero-order valence-corrected chi connectivity index (χ0v) is 8.20. The van der Waals surface area contributed by atoms with Gasteiger partial charge >= 0.3 is 0 Å². The topological polar surface area (TPSA) is 12.9 Å². The Balaban J connectivity index is 2.54. The highest BCUT2D eigenvalue weighted by molar-refractivity contribution is 5.82. The first-order valence-corrected chi connectivity index (χ1v) is 4.66. The van der Waals surface area contributed by atoms with E-state index in [-0.39, 0.29) is 11.9 Å². The number of hydrogen-bond donors (Lipinski definition) is 0. The number of pyridine rings is 1. The Labute approximate surface area is 90.2 Å². The van der Waals surface area contributed by atoms with Gasteiger partial charge < -0.3 is 0 Å². The molecule has 82 valence electrons. The molecule has 1 heterocycles. The van der Waals surface area contributed by atoms with Crippen LogP contribution in [0.5, 0.6) is 0 Å². The Kier molecular flexibility index (Phi) is 2.90. The van der Waals surface area contributed by atoms with Crippen molar-refractivity contribution in [3.05, 3.63) is 48.4 Å². The minimum atomic E-state index is -2.84. The molecule has 2 aromatic rings. The smallest absolute Gasteiger partial charge is 0.256 e. The van der Waals surface area contributed by atoms with Crippen LogP contribution >= 0.6 is 0 Å². The number of hydrogen-bond acceptors (Lipinski definition) is 1. The summed E-state index contributed by atoms with van der Waals surface area (Å²) in [5.41, 5.74) is 0.160. The summed E-state index contributed by atoms with van der Waals surface area (Å²) in [6, 6.07) is 8.58. The van der Waals surface area contributed by atoms with Gasteiger partial charge in [-0.3, -0.25) is 4.98 Å². The van der Waals surface area contributed by atoms with Gasteiger partial charge in [0.25, 0.3) is 6.43 Å². The molecule has 0 N–H and O–H groups in total. The summed E-state index contributed by atoms with van der Waals surface area (Å²) in [4.78, 5) is 3.99. The first kappa shape index (κ1) is 10.7. The third-order valence-electron chi connectivity index (χ3n) is 2.28. The van der Waals surface area contributed by atoms with Crippen molar-refractivity contribution < 1.29 is 13.2 Å². The Bertz CT molecular complexity index is 535. The van der Waals surface area contributed by atoms with Crippen molar-refractivity contribution in [3.8, 4) is 0 Å². The van der Waals surface area contributed by atoms with Crippen molar-refractivity contribution in [2.24, 2.45) is 0 Å². The lowest BCUT2D eigenvalue weighted by molar-refractivity contribution is 0.214. The summed E-state index contributed by atoms with van der Waals surface area (Å²) >= 11 is 0. The van der Waals surface area contributed by atoms with Crippen molar-refractivity contribution in [2.75, 3.05) is 0 Å². The maximum absolute atomic E-state index is 12.4. The van der Waals surface area contributed by atoms with E-state index < -0.39 is 12.0 Å². The minimum Gasteiger partial charge on any atom is -0.256 e. The summed E-state index contributed by atoms with van der Waals surface area (Å²) in [7, 11) is 0. The SMILES string of the molecule is FC=C(c1cnc2ccccc2c1)C(F)F. The fraction of sp³-hybridized carbons (Fsp3) is 0.0833. The third-order valence-corrected chi connectivity index (χ3v) is 2.28. The molecule has 0 unspecified atom stereocenters. The van der Waals surface area contributed by atoms with Gasteiger partial charge in [-0.05, 0) is 12.1 Å². The fourth-order valence-corrected chi connectivity index (χ4v) is 1.47. The number of halogens is 3. The van der Waals surface area contributed by atoms with Crippen LogP contribution in [-0.2, 0) is 0 Å². The number of rotatable bonds is 2. The normalized spacial score (nSPS) is 12.4. The number of benzene rings is 1. The number of para-hydroxylation sites is 1. The molecule has 0 atom stereocenters. The van der Waals surface area contributed by atoms with Gasteiger partial charge in [0, 0.05) is 17.1 Å². The molecule has 1 nitrogen and oxygen atoms in total. The Hall–Kier alpha value is -1.84. The van der Waals surface area contributed by atoms with Gasteiger partial charge in [-0.25, -0.2) is 13.2 Å². The van der Waals surface area contributed by atoms with Gasteiger partial charge in [-0.2, -0.15) is 0 Å². The minimum absolute atomic E-state index is 0.0730. The molecule has 16 heavy (non-hydrogen) atoms. The summed E-state index contributed by atoms with van der Waals surface area (Å²) in [6.45, 7) is 0. The number of alkyl halides is 2. The molecule has 0 aliphatic rings. The van der Waals surface area contributed by atoms with Crippen LogP contribution in [0.15, 0.2) is 42.9 Å². The summed E-state index contributed by atoms with van der Waals surface area (Å²) in [6.07, 6.45) is -1.66. The Morgan fingerprint density at radius 3 is 2.69 bits per heavy atom. The average Bonchev–Trinajstić information content (AvgIpc) is 2.29. The van der Waals surface area contributed by atoms with Crippen LogP contribution < -0.4 is 0 Å². The second kappa shape index (κ2) is 4.35. The van der Waals surface area contributed by atoms with Crippen LogP contribution in [-0.4, -0.2) is 11.4 Å². The molecule has 1 aromatic carbocycles. The van der Waals surface area contributed by atoms with E-state index in [0.717, 1.165) is 0 Å². The van der Waals surface area contributed by atoms with E-state index in [0.29, 0.717) is 10.9 Å². The molecule has 0 radical (unpaired) electrons. The van der Waals surface area contributed by atoms with E-state index in [1.807, 2.05) is 0 Å². The molecule has 2 rings (SSSR count). The largest absolute Gasteiger partial charge is 0.266 e. The van der Waals surface area contributed by atoms with Crippen molar-refractivity contribution >= 4 is 16.5 Å². The molecule has 0 spiro atoms. The molecule has 1 aromatic heterocycles. The molecule has 0 fully saturated rings. The van der Waals surface area contributed by atoms with E-state index in [9.17, 15) is 13.2 Å². The van der Waals surface area contributed by atoms with Gasteiger partial charge in [-0.15, -0.1) is 0 Å². The van der Waals surface area contributed by atoms with E-state index in [1.165, 1.54) is 12.3 Å². The molecule has 0 amide bonds. The fourth-order valence-electron chi connectivity index (χ4n) is 1.47. The summed E-state index contributed by atoms with van der Waals surface area (Å²) in [5, 5.41) is 0.708. The van der Waals surface area contributed by atoms with Crippen LogP contribution in [0.3, 0.4) is 0 Å². The van der Waals surface area contributed by atoms with Crippen LogP contribution in [0.4, 0.5) is 13.2 Å². The Morgan fingerprint density at radius 1 is 1.25 bits per heavy atom. The number of allylic oxidation sites excluding steroid dienone is 1. The van der Waals surface area contributed by atoms with E-state index in [4.69, 9.17) is 0 Å². The highest BCUT2D eigenvalue weighted by Gasteiger charge is 2.14. The first-order valence-electron chi connectivity index (χ1n) is 4.66. The van der Waals surface area contributed by atoms with Crippen LogP contribution in [0.1, 0.15) is 5.56 Å². The maximum atomic E-state index is 12.4. The van der Waals surface area contributed by atoms with E-state index in [1.54, 1.807) is 24.3 Å². The Morgan fingerprint density at radius 2 is 2.00 bits per heavy atom. The number of nitrogens with zero attached hydrogens (tertiary/aromatic N) is 1. The average molecular weight is 223 g/mol. The molecule has 0 saturated heterocycles. The molecule has 0 aliphatic heterocycles. The van der Waals surface area contributed by atoms with Gasteiger partial charge in [0.2, 0.25) is 0 Å². The van der Waals surface area contributed by atoms with Crippen molar-refractivity contribution in [1.82, 2.24) is 4.98 Å². The van der Waals surface area contributed by atoms with Crippen molar-refractivity contribution in [2.45, 2.75) is 6.43 Å². The molecular weight excluding hydrogens is 215 g/mol. The summed E-state index contributed by atoms with van der Waals surface area (Å²) in [5.74, 6) is 0. The monoisotopic (exact) mass is 223 g/mol. The van der Waals surface area contributed by atoms with Crippen LogP contribution in [0, 0.1) is 0 Å². The highest BCUT2D eigenvalue weighted by atomic mass is 19.3. The van der Waals surface area contributed by atoms with E-state index in [2.05, 4.69) is 4.98 Å². The quantitative estimate of drug-likeness (QED) is 0.754. The predicted octanol–water partition coefficient (Wildman–Crippen LogP) is 3.81. The van der Waals surface area contributed by atoms with Gasteiger partial charge in [0.15, 0.2) is 0 Å². The van der Waals surface area contributed by atoms with Gasteiger partial charge in [0.05, 0.1) is 17.4 Å². The molecule has 0 saturated carbocycles. The second-order valence-corrected chi connectivity index (χ2v) is 3.28. The summed E-state index contributed by atoms with van der Waals surface area (Å²) < 4.78 is 37.2. The maximum Gasteiger partial charge on any atom is 0.266 e. The highest BCUT2D eigenvalue weighted by Crippen LogP contribution is 2.24. The molecule has 4 heteroatoms. The lowest BCUT2D eigenvalue weighted by Crippen LogP contribution is -1.96. The predicted molar refractivity (Wildman–Crippen MR) is 56.8 cm³/mol. The van der Waals surface area contributed by atoms with Crippen LogP contribution in [0.2, 0.25) is 0 Å². The van der Waals surface area contributed by atoms with Gasteiger partial charge in [-0.1, -0.05) is 18.2 Å². The third kappa shape index (κ3) is 1.91.